The number of nitrogens with zero attached hydrogens (tertiary/aromatic N) is 2. The van der Waals surface area contributed by atoms with Gasteiger partial charge in [0.1, 0.15) is 0 Å². The van der Waals surface area contributed by atoms with Crippen LogP contribution < -0.4 is 10.6 Å². The first kappa shape index (κ1) is 20.5. The normalized spacial score (nSPS) is 14.2. The second-order valence-electron chi connectivity index (χ2n) is 5.60. The van der Waals surface area contributed by atoms with Crippen LogP contribution in [0.3, 0.4) is 0 Å². The molecule has 1 aliphatic carbocycles. The molecule has 1 aliphatic rings. The lowest BCUT2D eigenvalue weighted by molar-refractivity contribution is -0.130. The number of carbonyl (C=O) groups excluding carboxylic acids is 1. The molecule has 5 nitrogen and oxygen atoms in total. The lowest BCUT2D eigenvalue weighted by Gasteiger charge is -2.22. The van der Waals surface area contributed by atoms with Gasteiger partial charge in [0.25, 0.3) is 0 Å². The number of hydrogen-bond donors (Lipinski definition) is 2. The number of guanidine groups is 1. The molecular weight excluding hydrogens is 415 g/mol. The van der Waals surface area contributed by atoms with Crippen LogP contribution in [0.4, 0.5) is 0 Å². The Labute approximate surface area is 161 Å². The largest absolute Gasteiger partial charge is 0.353 e. The molecule has 1 aromatic rings. The van der Waals surface area contributed by atoms with Crippen LogP contribution in [0.2, 0.25) is 0 Å². The number of carbonyl (C=O) groups is 1. The van der Waals surface area contributed by atoms with E-state index in [1.165, 1.54) is 0 Å². The predicted octanol–water partition coefficient (Wildman–Crippen LogP) is 2.54. The summed E-state index contributed by atoms with van der Waals surface area (Å²) in [7, 11) is 1.73. The first-order valence-corrected chi connectivity index (χ1v) is 8.16. The molecule has 0 saturated heterocycles. The number of nitrogens with one attached hydrogen (secondary N) is 2. The van der Waals surface area contributed by atoms with Crippen LogP contribution in [0, 0.1) is 0 Å². The van der Waals surface area contributed by atoms with Gasteiger partial charge >= 0.3 is 0 Å². The van der Waals surface area contributed by atoms with Gasteiger partial charge in [-0.05, 0) is 25.3 Å². The van der Waals surface area contributed by atoms with Crippen LogP contribution in [-0.4, -0.2) is 42.9 Å². The van der Waals surface area contributed by atoms with E-state index in [0.717, 1.165) is 18.4 Å². The standard InChI is InChI=1S/C18H26N4O.HI/c1-3-22(14-15-9-5-4-6-10-15)17(23)13-20-18(19-2)21-16-11-7-8-12-16;/h4-10,16H,3,11-14H2,1-2H3,(H2,19,20,21);1H. The topological polar surface area (TPSA) is 56.7 Å². The second kappa shape index (κ2) is 11.1. The fraction of sp³-hybridized carbons (Fsp3) is 0.444. The van der Waals surface area contributed by atoms with Gasteiger partial charge in [0.15, 0.2) is 5.96 Å². The van der Waals surface area contributed by atoms with E-state index in [4.69, 9.17) is 0 Å². The Morgan fingerprint density at radius 1 is 1.25 bits per heavy atom. The Morgan fingerprint density at radius 3 is 2.50 bits per heavy atom. The van der Waals surface area contributed by atoms with E-state index >= 15 is 0 Å². The minimum atomic E-state index is 0. The molecule has 132 valence electrons. The highest BCUT2D eigenvalue weighted by Crippen LogP contribution is 2.08. The molecule has 2 N–H and O–H groups in total. The van der Waals surface area contributed by atoms with Crippen LogP contribution in [0.1, 0.15) is 25.3 Å². The van der Waals surface area contributed by atoms with Gasteiger partial charge in [0.05, 0.1) is 6.54 Å². The summed E-state index contributed by atoms with van der Waals surface area (Å²) in [6.07, 6.45) is 6.33. The molecule has 0 radical (unpaired) electrons. The molecule has 0 unspecified atom stereocenters. The van der Waals surface area contributed by atoms with Crippen molar-refractivity contribution in [1.29, 1.82) is 0 Å². The first-order valence-electron chi connectivity index (χ1n) is 8.16. The third-order valence-electron chi connectivity index (χ3n) is 3.93. The Hall–Kier alpha value is -1.57. The zero-order valence-electron chi connectivity index (χ0n) is 14.4. The SMILES string of the molecule is CCN(Cc1ccccc1)C(=O)CNC(=NC)NC1CC=CC1.I. The predicted molar refractivity (Wildman–Crippen MR) is 110 cm³/mol. The molecule has 0 bridgehead atoms. The van der Waals surface area contributed by atoms with E-state index in [0.29, 0.717) is 25.1 Å². The van der Waals surface area contributed by atoms with E-state index in [1.807, 2.05) is 42.2 Å². The smallest absolute Gasteiger partial charge is 0.242 e. The summed E-state index contributed by atoms with van der Waals surface area (Å²) in [6, 6.07) is 10.4. The molecule has 0 saturated carbocycles. The van der Waals surface area contributed by atoms with Crippen molar-refractivity contribution in [2.45, 2.75) is 32.4 Å². The summed E-state index contributed by atoms with van der Waals surface area (Å²) < 4.78 is 0. The minimum Gasteiger partial charge on any atom is -0.353 e. The van der Waals surface area contributed by atoms with E-state index in [9.17, 15) is 4.79 Å². The summed E-state index contributed by atoms with van der Waals surface area (Å²) in [4.78, 5) is 18.4. The van der Waals surface area contributed by atoms with Gasteiger partial charge in [-0.1, -0.05) is 42.5 Å². The molecular formula is C18H27IN4O. The number of halogens is 1. The van der Waals surface area contributed by atoms with Crippen LogP contribution in [0.25, 0.3) is 0 Å². The van der Waals surface area contributed by atoms with Crippen molar-refractivity contribution in [2.24, 2.45) is 4.99 Å². The number of rotatable bonds is 6. The maximum atomic E-state index is 12.4. The van der Waals surface area contributed by atoms with Gasteiger partial charge in [-0.3, -0.25) is 9.79 Å². The summed E-state index contributed by atoms with van der Waals surface area (Å²) in [5, 5.41) is 6.45. The Balaban J connectivity index is 0.00000288. The van der Waals surface area contributed by atoms with Gasteiger partial charge in [-0.15, -0.1) is 24.0 Å². The van der Waals surface area contributed by atoms with Crippen LogP contribution in [0.5, 0.6) is 0 Å². The van der Waals surface area contributed by atoms with E-state index in [2.05, 4.69) is 27.8 Å². The third-order valence-corrected chi connectivity index (χ3v) is 3.93. The molecule has 0 aromatic heterocycles. The molecule has 0 atom stereocenters. The van der Waals surface area contributed by atoms with Crippen molar-refractivity contribution in [3.05, 3.63) is 48.0 Å². The maximum Gasteiger partial charge on any atom is 0.242 e. The van der Waals surface area contributed by atoms with E-state index < -0.39 is 0 Å². The maximum absolute atomic E-state index is 12.4. The summed E-state index contributed by atoms with van der Waals surface area (Å²) in [5.41, 5.74) is 1.14. The fourth-order valence-corrected chi connectivity index (χ4v) is 2.57. The van der Waals surface area contributed by atoms with Gasteiger partial charge in [-0.2, -0.15) is 0 Å². The highest BCUT2D eigenvalue weighted by atomic mass is 127. The molecule has 24 heavy (non-hydrogen) atoms. The zero-order chi connectivity index (χ0) is 16.5. The Bertz CT molecular complexity index is 551. The van der Waals surface area contributed by atoms with Gasteiger partial charge in [0.2, 0.25) is 5.91 Å². The first-order chi connectivity index (χ1) is 11.2. The van der Waals surface area contributed by atoms with Gasteiger partial charge in [-0.25, -0.2) is 0 Å². The molecule has 1 amide bonds. The Morgan fingerprint density at radius 2 is 1.92 bits per heavy atom. The number of benzene rings is 1. The van der Waals surface area contributed by atoms with Gasteiger partial charge in [0, 0.05) is 26.2 Å². The number of likely N-dealkylation sites (N-methyl/N-ethyl adjacent to an activating group) is 1. The zero-order valence-corrected chi connectivity index (χ0v) is 16.7. The molecule has 0 aliphatic heterocycles. The summed E-state index contributed by atoms with van der Waals surface area (Å²) in [5.74, 6) is 0.756. The van der Waals surface area contributed by atoms with E-state index in [-0.39, 0.29) is 36.4 Å². The summed E-state index contributed by atoms with van der Waals surface area (Å²) in [6.45, 7) is 3.57. The van der Waals surface area contributed by atoms with Crippen molar-refractivity contribution < 1.29 is 4.79 Å². The lowest BCUT2D eigenvalue weighted by Crippen LogP contribution is -2.47. The van der Waals surface area contributed by atoms with Crippen molar-refractivity contribution in [3.8, 4) is 0 Å². The monoisotopic (exact) mass is 442 g/mol. The fourth-order valence-electron chi connectivity index (χ4n) is 2.57. The highest BCUT2D eigenvalue weighted by Gasteiger charge is 2.15. The molecule has 0 spiro atoms. The van der Waals surface area contributed by atoms with Crippen molar-refractivity contribution in [3.63, 3.8) is 0 Å². The second-order valence-corrected chi connectivity index (χ2v) is 5.60. The van der Waals surface area contributed by atoms with Crippen LogP contribution in [-0.2, 0) is 11.3 Å². The average molecular weight is 442 g/mol. The molecule has 6 heteroatoms. The van der Waals surface area contributed by atoms with Crippen LogP contribution in [0.15, 0.2) is 47.5 Å². The van der Waals surface area contributed by atoms with Crippen molar-refractivity contribution in [2.75, 3.05) is 20.1 Å². The highest BCUT2D eigenvalue weighted by molar-refractivity contribution is 14.0. The van der Waals surface area contributed by atoms with Crippen molar-refractivity contribution in [1.82, 2.24) is 15.5 Å². The molecule has 1 aromatic carbocycles. The van der Waals surface area contributed by atoms with Crippen molar-refractivity contribution >= 4 is 35.8 Å². The van der Waals surface area contributed by atoms with Gasteiger partial charge < -0.3 is 15.5 Å². The molecule has 0 fully saturated rings. The quantitative estimate of drug-likeness (QED) is 0.308. The summed E-state index contributed by atoms with van der Waals surface area (Å²) >= 11 is 0. The Kier molecular flexibility index (Phi) is 9.44. The number of hydrogen-bond acceptors (Lipinski definition) is 2. The lowest BCUT2D eigenvalue weighted by atomic mass is 10.2. The van der Waals surface area contributed by atoms with Crippen LogP contribution >= 0.6 is 24.0 Å². The third kappa shape index (κ3) is 6.51. The minimum absolute atomic E-state index is 0. The molecule has 0 heterocycles. The average Bonchev–Trinajstić information content (AvgIpc) is 3.10. The van der Waals surface area contributed by atoms with E-state index in [1.54, 1.807) is 7.05 Å². The molecule has 2 rings (SSSR count). The number of amides is 1. The number of aliphatic imine (C=N–C) groups is 1.